The second-order valence-electron chi connectivity index (χ2n) is 5.99. The van der Waals surface area contributed by atoms with Crippen LogP contribution in [0.2, 0.25) is 0 Å². The molecule has 144 valence electrons. The highest BCUT2D eigenvalue weighted by atomic mass is 19.1. The van der Waals surface area contributed by atoms with E-state index in [1.807, 2.05) is 0 Å². The van der Waals surface area contributed by atoms with E-state index in [0.717, 1.165) is 0 Å². The van der Waals surface area contributed by atoms with Crippen molar-refractivity contribution >= 4 is 17.5 Å². The highest BCUT2D eigenvalue weighted by Crippen LogP contribution is 2.25. The minimum absolute atomic E-state index is 0.000461. The Morgan fingerprint density at radius 2 is 1.79 bits per heavy atom. The van der Waals surface area contributed by atoms with E-state index in [0.29, 0.717) is 11.3 Å². The van der Waals surface area contributed by atoms with Crippen molar-refractivity contribution < 1.29 is 23.5 Å². The van der Waals surface area contributed by atoms with Crippen molar-refractivity contribution in [1.82, 2.24) is 10.3 Å². The van der Waals surface area contributed by atoms with Crippen LogP contribution in [0.1, 0.15) is 44.2 Å². The molecule has 1 unspecified atom stereocenters. The van der Waals surface area contributed by atoms with Crippen molar-refractivity contribution in [1.29, 1.82) is 0 Å². The van der Waals surface area contributed by atoms with Crippen LogP contribution in [0, 0.1) is 12.7 Å². The first kappa shape index (κ1) is 19.2. The maximum atomic E-state index is 13.9. The quantitative estimate of drug-likeness (QED) is 0.628. The maximum Gasteiger partial charge on any atom is 0.277 e. The van der Waals surface area contributed by atoms with Crippen LogP contribution in [0.3, 0.4) is 0 Å². The molecule has 0 radical (unpaired) electrons. The normalized spacial score (nSPS) is 11.7. The van der Waals surface area contributed by atoms with Gasteiger partial charge >= 0.3 is 0 Å². The minimum atomic E-state index is -1.44. The number of aliphatic hydroxyl groups excluding tert-OH is 1. The van der Waals surface area contributed by atoms with Gasteiger partial charge in [0.25, 0.3) is 11.8 Å². The van der Waals surface area contributed by atoms with Crippen molar-refractivity contribution in [3.05, 3.63) is 82.8 Å². The van der Waals surface area contributed by atoms with Gasteiger partial charge in [0.2, 0.25) is 5.89 Å². The molecule has 3 N–H and O–H groups in total. The fourth-order valence-corrected chi connectivity index (χ4v) is 2.61. The number of carbonyl (C=O) groups is 2. The van der Waals surface area contributed by atoms with E-state index < -0.39 is 17.8 Å². The molecule has 0 spiro atoms. The monoisotopic (exact) mass is 383 g/mol. The number of anilines is 1. The number of hydrogen-bond acceptors (Lipinski definition) is 5. The third-order valence-electron chi connectivity index (χ3n) is 4.09. The van der Waals surface area contributed by atoms with E-state index in [1.54, 1.807) is 30.3 Å². The molecule has 2 amide bonds. The summed E-state index contributed by atoms with van der Waals surface area (Å²) in [7, 11) is 1.53. The number of benzene rings is 2. The molecule has 3 rings (SSSR count). The van der Waals surface area contributed by atoms with Crippen LogP contribution in [0.4, 0.5) is 10.1 Å². The summed E-state index contributed by atoms with van der Waals surface area (Å²) in [6, 6.07) is 12.0. The van der Waals surface area contributed by atoms with Gasteiger partial charge in [-0.05, 0) is 37.3 Å². The zero-order chi connectivity index (χ0) is 20.3. The van der Waals surface area contributed by atoms with Gasteiger partial charge in [-0.1, -0.05) is 18.2 Å². The number of oxazole rings is 1. The van der Waals surface area contributed by atoms with Gasteiger partial charge in [0.1, 0.15) is 11.6 Å². The Morgan fingerprint density at radius 3 is 2.43 bits per heavy atom. The molecule has 1 atom stereocenters. The molecule has 7 nitrogen and oxygen atoms in total. The van der Waals surface area contributed by atoms with E-state index in [-0.39, 0.29) is 28.8 Å². The lowest BCUT2D eigenvalue weighted by Gasteiger charge is -2.07. The number of aryl methyl sites for hydroxylation is 1. The van der Waals surface area contributed by atoms with Crippen molar-refractivity contribution in [3.63, 3.8) is 0 Å². The van der Waals surface area contributed by atoms with Gasteiger partial charge in [0.15, 0.2) is 11.8 Å². The summed E-state index contributed by atoms with van der Waals surface area (Å²) < 4.78 is 19.2. The number of aliphatic hydroxyl groups is 1. The van der Waals surface area contributed by atoms with Gasteiger partial charge in [-0.25, -0.2) is 9.37 Å². The van der Waals surface area contributed by atoms with Crippen molar-refractivity contribution in [3.8, 4) is 0 Å². The third kappa shape index (κ3) is 3.91. The molecular weight excluding hydrogens is 365 g/mol. The number of hydrogen-bond donors (Lipinski definition) is 3. The number of carbonyl (C=O) groups excluding carboxylic acids is 2. The molecule has 0 aliphatic heterocycles. The van der Waals surface area contributed by atoms with Gasteiger partial charge in [-0.2, -0.15) is 0 Å². The van der Waals surface area contributed by atoms with Crippen molar-refractivity contribution in [2.75, 3.05) is 12.4 Å². The predicted molar refractivity (Wildman–Crippen MR) is 99.5 cm³/mol. The highest BCUT2D eigenvalue weighted by molar-refractivity contribution is 6.03. The van der Waals surface area contributed by atoms with E-state index in [9.17, 15) is 19.1 Å². The highest BCUT2D eigenvalue weighted by Gasteiger charge is 2.24. The molecule has 0 bridgehead atoms. The zero-order valence-corrected chi connectivity index (χ0v) is 15.2. The number of aromatic nitrogens is 1. The molecule has 8 heteroatoms. The lowest BCUT2D eigenvalue weighted by atomic mass is 10.1. The summed E-state index contributed by atoms with van der Waals surface area (Å²) in [5.41, 5.74) is 0.880. The first-order valence-electron chi connectivity index (χ1n) is 8.44. The molecule has 1 aromatic heterocycles. The standard InChI is InChI=1S/C20H18FN3O4/c1-11-16(19(27)23-13-9-7-12(8-10-13)18(26)22-2)24-20(28-11)17(25)14-5-3-4-6-15(14)21/h3-10,17,25H,1-2H3,(H,22,26)(H,23,27). The maximum absolute atomic E-state index is 13.9. The number of nitrogens with one attached hydrogen (secondary N) is 2. The molecule has 0 fully saturated rings. The summed E-state index contributed by atoms with van der Waals surface area (Å²) >= 11 is 0. The van der Waals surface area contributed by atoms with Gasteiger partial charge in [0.05, 0.1) is 0 Å². The molecule has 2 aromatic carbocycles. The van der Waals surface area contributed by atoms with Gasteiger partial charge in [-0.3, -0.25) is 9.59 Å². The molecule has 0 aliphatic carbocycles. The van der Waals surface area contributed by atoms with E-state index in [4.69, 9.17) is 4.42 Å². The zero-order valence-electron chi connectivity index (χ0n) is 15.2. The van der Waals surface area contributed by atoms with Crippen LogP contribution in [0.15, 0.2) is 52.9 Å². The van der Waals surface area contributed by atoms with Crippen LogP contribution in [-0.4, -0.2) is 29.0 Å². The summed E-state index contributed by atoms with van der Waals surface area (Å²) in [5.74, 6) is -1.39. The Morgan fingerprint density at radius 1 is 1.11 bits per heavy atom. The summed E-state index contributed by atoms with van der Waals surface area (Å²) in [4.78, 5) is 28.1. The Balaban J connectivity index is 1.78. The van der Waals surface area contributed by atoms with Crippen LogP contribution in [0.25, 0.3) is 0 Å². The van der Waals surface area contributed by atoms with E-state index in [2.05, 4.69) is 15.6 Å². The average Bonchev–Trinajstić information content (AvgIpc) is 3.09. The fraction of sp³-hybridized carbons (Fsp3) is 0.150. The molecular formula is C20H18FN3O4. The number of nitrogens with zero attached hydrogens (tertiary/aromatic N) is 1. The first-order valence-corrected chi connectivity index (χ1v) is 8.44. The largest absolute Gasteiger partial charge is 0.442 e. The molecule has 28 heavy (non-hydrogen) atoms. The van der Waals surface area contributed by atoms with Crippen molar-refractivity contribution in [2.45, 2.75) is 13.0 Å². The number of amides is 2. The minimum Gasteiger partial charge on any atom is -0.442 e. The smallest absolute Gasteiger partial charge is 0.277 e. The second-order valence-corrected chi connectivity index (χ2v) is 5.99. The van der Waals surface area contributed by atoms with Gasteiger partial charge in [0, 0.05) is 23.9 Å². The number of rotatable bonds is 5. The van der Waals surface area contributed by atoms with Gasteiger partial charge in [-0.15, -0.1) is 0 Å². The first-order chi connectivity index (χ1) is 13.4. The Labute approximate surface area is 160 Å². The van der Waals surface area contributed by atoms with Gasteiger partial charge < -0.3 is 20.2 Å². The molecule has 0 aliphatic rings. The molecule has 3 aromatic rings. The lowest BCUT2D eigenvalue weighted by Crippen LogP contribution is -2.18. The topological polar surface area (TPSA) is 104 Å². The average molecular weight is 383 g/mol. The van der Waals surface area contributed by atoms with Crippen LogP contribution in [-0.2, 0) is 0 Å². The summed E-state index contributed by atoms with van der Waals surface area (Å²) in [6.07, 6.45) is -1.44. The SMILES string of the molecule is CNC(=O)c1ccc(NC(=O)c2nc(C(O)c3ccccc3F)oc2C)cc1. The fourth-order valence-electron chi connectivity index (χ4n) is 2.61. The second kappa shape index (κ2) is 8.01. The van der Waals surface area contributed by atoms with E-state index in [1.165, 1.54) is 32.2 Å². The van der Waals surface area contributed by atoms with Crippen LogP contribution < -0.4 is 10.6 Å². The molecule has 1 heterocycles. The molecule has 0 saturated heterocycles. The Bertz CT molecular complexity index is 1010. The summed E-state index contributed by atoms with van der Waals surface area (Å²) in [5, 5.41) is 15.5. The molecule has 0 saturated carbocycles. The van der Waals surface area contributed by atoms with Crippen molar-refractivity contribution in [2.24, 2.45) is 0 Å². The third-order valence-corrected chi connectivity index (χ3v) is 4.09. The van der Waals surface area contributed by atoms with E-state index >= 15 is 0 Å². The Hall–Kier alpha value is -3.52. The number of halogens is 1. The summed E-state index contributed by atoms with van der Waals surface area (Å²) in [6.45, 7) is 1.52. The predicted octanol–water partition coefficient (Wildman–Crippen LogP) is 2.82. The van der Waals surface area contributed by atoms with Crippen LogP contribution in [0.5, 0.6) is 0 Å². The lowest BCUT2D eigenvalue weighted by molar-refractivity contribution is 0.0962. The Kier molecular flexibility index (Phi) is 5.51. The van der Waals surface area contributed by atoms with Crippen LogP contribution >= 0.6 is 0 Å².